The Morgan fingerprint density at radius 1 is 0.649 bits per heavy atom. The number of hydrogen-bond donors (Lipinski definition) is 3. The van der Waals surface area contributed by atoms with E-state index in [0.717, 1.165) is 29.0 Å². The Bertz CT molecular complexity index is 2930. The summed E-state index contributed by atoms with van der Waals surface area (Å²) < 4.78 is 28.5. The van der Waals surface area contributed by atoms with E-state index in [1.165, 1.54) is 43.3 Å². The largest absolute Gasteiger partial charge is 0.488 e. The summed E-state index contributed by atoms with van der Waals surface area (Å²) in [4.78, 5) is 111. The van der Waals surface area contributed by atoms with Crippen molar-refractivity contribution in [1.82, 2.24) is 21.0 Å². The number of hydrogen-bond acceptors (Lipinski definition) is 14. The van der Waals surface area contributed by atoms with E-state index in [0.29, 0.717) is 30.4 Å². The third-order valence-electron chi connectivity index (χ3n) is 12.0. The molecule has 6 rings (SSSR count). The number of ether oxygens (including phenoxy) is 4. The number of benzene rings is 5. The maximum atomic E-state index is 13.9. The molecule has 4 amide bonds. The van der Waals surface area contributed by atoms with Crippen LogP contribution in [-0.2, 0) is 58.1 Å². The van der Waals surface area contributed by atoms with Gasteiger partial charge in [0.1, 0.15) is 54.5 Å². The maximum absolute atomic E-state index is 13.9. The summed E-state index contributed by atoms with van der Waals surface area (Å²) in [6.07, 6.45) is 2.87. The van der Waals surface area contributed by atoms with E-state index < -0.39 is 60.2 Å². The van der Waals surface area contributed by atoms with Gasteiger partial charge in [-0.2, -0.15) is 5.06 Å². The van der Waals surface area contributed by atoms with Crippen molar-refractivity contribution in [3.8, 4) is 22.8 Å². The molecule has 18 heteroatoms. The highest BCUT2D eigenvalue weighted by Crippen LogP contribution is 2.30. The molecule has 1 heterocycles. The fourth-order valence-electron chi connectivity index (χ4n) is 8.05. The van der Waals surface area contributed by atoms with Gasteiger partial charge in [-0.05, 0) is 72.9 Å². The molecule has 3 N–H and O–H groups in total. The molecule has 0 aliphatic heterocycles. The number of para-hydroxylation sites is 1. The van der Waals surface area contributed by atoms with Crippen molar-refractivity contribution in [3.63, 3.8) is 0 Å². The van der Waals surface area contributed by atoms with Crippen LogP contribution < -0.4 is 25.4 Å². The first kappa shape index (κ1) is 57.2. The van der Waals surface area contributed by atoms with Crippen molar-refractivity contribution < 1.29 is 66.6 Å². The van der Waals surface area contributed by atoms with E-state index in [-0.39, 0.29) is 79.3 Å². The smallest absolute Gasteiger partial charge is 0.366 e. The number of furan rings is 1. The van der Waals surface area contributed by atoms with Crippen molar-refractivity contribution in [2.24, 2.45) is 5.92 Å². The van der Waals surface area contributed by atoms with Crippen LogP contribution in [0.5, 0.6) is 11.5 Å². The highest BCUT2D eigenvalue weighted by atomic mass is 16.7. The van der Waals surface area contributed by atoms with E-state index in [9.17, 15) is 38.4 Å². The molecular formula is C59H62N4O14. The Kier molecular flexibility index (Phi) is 22.1. The van der Waals surface area contributed by atoms with E-state index in [1.54, 1.807) is 79.7 Å². The minimum atomic E-state index is -1.36. The number of rotatable bonds is 30. The number of nitrogens with one attached hydrogen (secondary N) is 3. The monoisotopic (exact) mass is 1050 g/mol. The highest BCUT2D eigenvalue weighted by Gasteiger charge is 2.34. The number of Topliss-reactive ketones (excluding diaryl/α,β-unsaturated/α-hetero) is 1. The Balaban J connectivity index is 1.12. The van der Waals surface area contributed by atoms with Gasteiger partial charge in [0.2, 0.25) is 12.3 Å². The first-order valence-corrected chi connectivity index (χ1v) is 25.2. The molecule has 402 valence electrons. The van der Waals surface area contributed by atoms with Crippen molar-refractivity contribution in [3.05, 3.63) is 179 Å². The van der Waals surface area contributed by atoms with Gasteiger partial charge in [-0.15, -0.1) is 0 Å². The zero-order valence-corrected chi connectivity index (χ0v) is 43.1. The second-order valence-corrected chi connectivity index (χ2v) is 17.8. The summed E-state index contributed by atoms with van der Waals surface area (Å²) in [5, 5.41) is 8.76. The van der Waals surface area contributed by atoms with E-state index >= 15 is 0 Å². The van der Waals surface area contributed by atoms with Gasteiger partial charge in [-0.25, -0.2) is 14.4 Å². The summed E-state index contributed by atoms with van der Waals surface area (Å²) in [7, 11) is 0. The van der Waals surface area contributed by atoms with E-state index in [2.05, 4.69) is 16.0 Å². The van der Waals surface area contributed by atoms with Crippen molar-refractivity contribution >= 4 is 47.8 Å². The molecule has 0 bridgehead atoms. The second-order valence-electron chi connectivity index (χ2n) is 17.8. The second kappa shape index (κ2) is 29.7. The lowest BCUT2D eigenvalue weighted by atomic mass is 9.90. The Labute approximate surface area is 446 Å². The summed E-state index contributed by atoms with van der Waals surface area (Å²) in [6.45, 7) is 4.14. The molecule has 0 saturated carbocycles. The predicted octanol–water partition coefficient (Wildman–Crippen LogP) is 8.48. The number of nitrogens with zero attached hydrogens (tertiary/aromatic N) is 1. The van der Waals surface area contributed by atoms with E-state index in [1.807, 2.05) is 43.3 Å². The van der Waals surface area contributed by atoms with Crippen LogP contribution in [-0.4, -0.2) is 78.2 Å². The number of ketones is 1. The number of carbonyl (C=O) groups is 8. The third kappa shape index (κ3) is 17.5. The molecule has 18 nitrogen and oxygen atoms in total. The van der Waals surface area contributed by atoms with Crippen molar-refractivity contribution in [2.75, 3.05) is 13.3 Å². The van der Waals surface area contributed by atoms with Crippen LogP contribution in [0.4, 0.5) is 0 Å². The van der Waals surface area contributed by atoms with Gasteiger partial charge < -0.3 is 44.2 Å². The maximum Gasteiger partial charge on any atom is 0.366 e. The van der Waals surface area contributed by atoms with Crippen LogP contribution in [0.1, 0.15) is 107 Å². The molecule has 3 atom stereocenters. The van der Waals surface area contributed by atoms with Crippen LogP contribution in [0, 0.1) is 5.92 Å². The third-order valence-corrected chi connectivity index (χ3v) is 12.0. The van der Waals surface area contributed by atoms with Gasteiger partial charge in [-0.1, -0.05) is 142 Å². The first-order chi connectivity index (χ1) is 37.4. The lowest BCUT2D eigenvalue weighted by Crippen LogP contribution is -2.49. The number of carbonyl (C=O) groups excluding carboxylic acids is 8. The SMILES string of the molecule is CCCCC[C@@H](C(=O)NCNC(=O)c1ccc(-c2ccc(C(=O)N[C@@H](CC(C)=O)C(=O)OCc3ccccc3)c(OCC(=O)OCc3ccccc3)c2)o1)[C@@H](CC)N(C=O)OC(=O)c1ccccc1OCc1ccccc1. The molecule has 5 aromatic carbocycles. The fraction of sp³-hybridized carbons (Fsp3) is 0.288. The summed E-state index contributed by atoms with van der Waals surface area (Å²) in [6, 6.07) is 38.6. The number of unbranched alkanes of at least 4 members (excludes halogenated alkanes) is 2. The Morgan fingerprint density at radius 3 is 1.92 bits per heavy atom. The van der Waals surface area contributed by atoms with Crippen LogP contribution in [0.25, 0.3) is 11.3 Å². The minimum Gasteiger partial charge on any atom is -0.488 e. The molecule has 0 saturated heterocycles. The Morgan fingerprint density at radius 2 is 1.29 bits per heavy atom. The first-order valence-electron chi connectivity index (χ1n) is 25.2. The van der Waals surface area contributed by atoms with E-state index in [4.69, 9.17) is 28.2 Å². The normalized spacial score (nSPS) is 11.9. The van der Waals surface area contributed by atoms with Crippen molar-refractivity contribution in [1.29, 1.82) is 0 Å². The molecule has 0 spiro atoms. The summed E-state index contributed by atoms with van der Waals surface area (Å²) in [5.41, 5.74) is 2.60. The van der Waals surface area contributed by atoms with Crippen molar-refractivity contribution in [2.45, 2.75) is 91.2 Å². The van der Waals surface area contributed by atoms with Crippen LogP contribution >= 0.6 is 0 Å². The van der Waals surface area contributed by atoms with Gasteiger partial charge in [0.25, 0.3) is 11.8 Å². The van der Waals surface area contributed by atoms with Gasteiger partial charge in [0, 0.05) is 12.0 Å². The van der Waals surface area contributed by atoms with Gasteiger partial charge in [0.15, 0.2) is 12.4 Å². The quantitative estimate of drug-likeness (QED) is 0.0126. The van der Waals surface area contributed by atoms with Crippen LogP contribution in [0.3, 0.4) is 0 Å². The van der Waals surface area contributed by atoms with Crippen LogP contribution in [0.15, 0.2) is 150 Å². The topological polar surface area (TPSA) is 235 Å². The number of hydroxylamine groups is 2. The molecule has 0 unspecified atom stereocenters. The molecule has 0 aliphatic carbocycles. The lowest BCUT2D eigenvalue weighted by Gasteiger charge is -2.32. The number of esters is 2. The fourth-order valence-corrected chi connectivity index (χ4v) is 8.05. The highest BCUT2D eigenvalue weighted by molar-refractivity contribution is 6.01. The Hall–Kier alpha value is -9.06. The molecule has 0 aliphatic rings. The number of amides is 4. The average molecular weight is 1050 g/mol. The molecule has 77 heavy (non-hydrogen) atoms. The van der Waals surface area contributed by atoms with Gasteiger partial charge in [-0.3, -0.25) is 24.0 Å². The van der Waals surface area contributed by atoms with Crippen LogP contribution in [0.2, 0.25) is 0 Å². The standard InChI is InChI=1S/C59H62N4O14/c1-4-6-10-25-45(49(5-2)63(39-64)77-58(70)47-26-17-18-27-51(47)72-34-41-19-11-7-12-20-41)55(67)60-38-61-57(69)52-31-30-50(76-52)44-28-29-46(53(33-44)73-37-54(66)74-35-42-21-13-8-14-22-42)56(68)62-48(32-40(3)65)59(71)75-36-43-23-15-9-16-24-43/h7-9,11-24,26-31,33,39,45,48-49H,4-6,10,25,32,34-38H2,1-3H3,(H,60,67)(H,61,69)(H,62,68)/t45-,48+,49-/m1/s1. The minimum absolute atomic E-state index is 0.0351. The molecule has 6 aromatic rings. The molecule has 0 fully saturated rings. The zero-order valence-electron chi connectivity index (χ0n) is 43.1. The lowest BCUT2D eigenvalue weighted by molar-refractivity contribution is -0.171. The van der Waals surface area contributed by atoms with Gasteiger partial charge in [0.05, 0.1) is 24.2 Å². The molecule has 1 aromatic heterocycles. The molecular weight excluding hydrogens is 989 g/mol. The average Bonchev–Trinajstić information content (AvgIpc) is 3.96. The summed E-state index contributed by atoms with van der Waals surface area (Å²) >= 11 is 0. The zero-order chi connectivity index (χ0) is 54.9. The van der Waals surface area contributed by atoms with Gasteiger partial charge >= 0.3 is 17.9 Å². The summed E-state index contributed by atoms with van der Waals surface area (Å²) in [5.74, 6) is -5.58. The molecule has 0 radical (unpaired) electrons. The predicted molar refractivity (Wildman–Crippen MR) is 281 cm³/mol.